The molecule has 29 heavy (non-hydrogen) atoms. The Kier molecular flexibility index (Phi) is 5.24. The van der Waals surface area contributed by atoms with Crippen LogP contribution in [-0.2, 0) is 0 Å². The molecule has 2 aromatic carbocycles. The van der Waals surface area contributed by atoms with Crippen molar-refractivity contribution in [2.75, 3.05) is 20.2 Å². The number of aromatic nitrogens is 2. The van der Waals surface area contributed by atoms with Gasteiger partial charge in [-0.15, -0.1) is 0 Å². The number of hydrogen-bond acceptors (Lipinski definition) is 5. The zero-order chi connectivity index (χ0) is 20.4. The minimum Gasteiger partial charge on any atom is -0.494 e. The average molecular weight is 399 g/mol. The zero-order valence-corrected chi connectivity index (χ0v) is 15.8. The second kappa shape index (κ2) is 7.98. The third-order valence-electron chi connectivity index (χ3n) is 5.00. The molecule has 6 nitrogen and oxygen atoms in total. The van der Waals surface area contributed by atoms with Gasteiger partial charge in [-0.05, 0) is 55.3 Å². The summed E-state index contributed by atoms with van der Waals surface area (Å²) in [6.07, 6.45) is 1.59. The maximum Gasteiger partial charge on any atom is 0.254 e. The first-order valence-electron chi connectivity index (χ1n) is 9.27. The molecule has 1 aliphatic rings. The van der Waals surface area contributed by atoms with Gasteiger partial charge in [0.1, 0.15) is 5.82 Å². The normalized spacial score (nSPS) is 16.7. The lowest BCUT2D eigenvalue weighted by molar-refractivity contribution is 0.0695. The number of carbonyl (C=O) groups excluding carboxylic acids is 1. The van der Waals surface area contributed by atoms with Crippen LogP contribution >= 0.6 is 0 Å². The van der Waals surface area contributed by atoms with E-state index in [2.05, 4.69) is 10.1 Å². The Balaban J connectivity index is 1.50. The van der Waals surface area contributed by atoms with Gasteiger partial charge in [0.05, 0.1) is 13.0 Å². The molecule has 0 N–H and O–H groups in total. The van der Waals surface area contributed by atoms with Crippen molar-refractivity contribution in [2.45, 2.75) is 18.8 Å². The second-order valence-electron chi connectivity index (χ2n) is 6.90. The van der Waals surface area contributed by atoms with Gasteiger partial charge in [0.2, 0.25) is 11.7 Å². The standard InChI is InChI=1S/C21H19F2N3O3/c1-28-18-11-14(6-9-17(18)23)21(27)26-10-2-3-15(12-26)20-24-19(25-29-20)13-4-7-16(22)8-5-13/h4-9,11,15H,2-3,10,12H2,1H3/t15-/m0/s1. The van der Waals surface area contributed by atoms with Gasteiger partial charge in [0.15, 0.2) is 11.6 Å². The number of carbonyl (C=O) groups is 1. The van der Waals surface area contributed by atoms with E-state index in [1.165, 1.54) is 37.4 Å². The van der Waals surface area contributed by atoms with Crippen LogP contribution in [0.25, 0.3) is 11.4 Å². The first kappa shape index (κ1) is 19.0. The molecule has 1 aromatic heterocycles. The molecule has 0 bridgehead atoms. The summed E-state index contributed by atoms with van der Waals surface area (Å²) in [5.41, 5.74) is 1.02. The van der Waals surface area contributed by atoms with E-state index >= 15 is 0 Å². The van der Waals surface area contributed by atoms with Crippen molar-refractivity contribution in [3.63, 3.8) is 0 Å². The van der Waals surface area contributed by atoms with Crippen molar-refractivity contribution in [1.29, 1.82) is 0 Å². The van der Waals surface area contributed by atoms with Gasteiger partial charge < -0.3 is 14.2 Å². The predicted octanol–water partition coefficient (Wildman–Crippen LogP) is 4.04. The molecule has 2 heterocycles. The van der Waals surface area contributed by atoms with Gasteiger partial charge in [0.25, 0.3) is 5.91 Å². The summed E-state index contributed by atoms with van der Waals surface area (Å²) in [5.74, 6) is -0.297. The number of likely N-dealkylation sites (tertiary alicyclic amines) is 1. The first-order valence-corrected chi connectivity index (χ1v) is 9.27. The fourth-order valence-electron chi connectivity index (χ4n) is 3.46. The van der Waals surface area contributed by atoms with Crippen LogP contribution in [0, 0.1) is 11.6 Å². The minimum absolute atomic E-state index is 0.0326. The molecular weight excluding hydrogens is 380 g/mol. The highest BCUT2D eigenvalue weighted by Crippen LogP contribution is 2.29. The summed E-state index contributed by atoms with van der Waals surface area (Å²) >= 11 is 0. The number of ether oxygens (including phenoxy) is 1. The van der Waals surface area contributed by atoms with Crippen molar-refractivity contribution < 1.29 is 22.8 Å². The predicted molar refractivity (Wildman–Crippen MR) is 101 cm³/mol. The topological polar surface area (TPSA) is 68.5 Å². The third kappa shape index (κ3) is 3.96. The van der Waals surface area contributed by atoms with E-state index in [0.717, 1.165) is 12.8 Å². The lowest BCUT2D eigenvalue weighted by Crippen LogP contribution is -2.39. The molecule has 0 unspecified atom stereocenters. The molecule has 1 amide bonds. The van der Waals surface area contributed by atoms with E-state index in [4.69, 9.17) is 9.26 Å². The fourth-order valence-corrected chi connectivity index (χ4v) is 3.46. The Hall–Kier alpha value is -3.29. The van der Waals surface area contributed by atoms with Crippen molar-refractivity contribution in [3.05, 3.63) is 65.6 Å². The van der Waals surface area contributed by atoms with E-state index in [1.54, 1.807) is 17.0 Å². The lowest BCUT2D eigenvalue weighted by atomic mass is 9.97. The molecule has 1 saturated heterocycles. The number of nitrogens with zero attached hydrogens (tertiary/aromatic N) is 3. The Bertz CT molecular complexity index is 1020. The molecule has 8 heteroatoms. The molecular formula is C21H19F2N3O3. The Morgan fingerprint density at radius 1 is 1.21 bits per heavy atom. The third-order valence-corrected chi connectivity index (χ3v) is 5.00. The molecule has 0 saturated carbocycles. The van der Waals surface area contributed by atoms with Crippen LogP contribution in [0.1, 0.15) is 35.0 Å². The summed E-state index contributed by atoms with van der Waals surface area (Å²) in [6, 6.07) is 9.92. The molecule has 0 spiro atoms. The van der Waals surface area contributed by atoms with Crippen LogP contribution in [0.2, 0.25) is 0 Å². The number of hydrogen-bond donors (Lipinski definition) is 0. The summed E-state index contributed by atoms with van der Waals surface area (Å²) < 4.78 is 37.1. The molecule has 1 aliphatic heterocycles. The van der Waals surface area contributed by atoms with Gasteiger partial charge in [-0.2, -0.15) is 4.98 Å². The summed E-state index contributed by atoms with van der Waals surface area (Å²) in [6.45, 7) is 1.01. The summed E-state index contributed by atoms with van der Waals surface area (Å²) in [4.78, 5) is 19.0. The van der Waals surface area contributed by atoms with Crippen molar-refractivity contribution in [1.82, 2.24) is 15.0 Å². The maximum atomic E-state index is 13.6. The number of methoxy groups -OCH3 is 1. The molecule has 150 valence electrons. The van der Waals surface area contributed by atoms with Crippen LogP contribution < -0.4 is 4.74 Å². The first-order chi connectivity index (χ1) is 14.0. The van der Waals surface area contributed by atoms with E-state index in [9.17, 15) is 13.6 Å². The van der Waals surface area contributed by atoms with Gasteiger partial charge >= 0.3 is 0 Å². The fraction of sp³-hybridized carbons (Fsp3) is 0.286. The van der Waals surface area contributed by atoms with Gasteiger partial charge in [-0.25, -0.2) is 8.78 Å². The summed E-state index contributed by atoms with van der Waals surface area (Å²) in [5, 5.41) is 3.98. The van der Waals surface area contributed by atoms with E-state index in [0.29, 0.717) is 35.9 Å². The highest BCUT2D eigenvalue weighted by Gasteiger charge is 2.29. The Labute approximate surface area is 166 Å². The quantitative estimate of drug-likeness (QED) is 0.662. The number of piperidine rings is 1. The number of rotatable bonds is 4. The molecule has 0 aliphatic carbocycles. The monoisotopic (exact) mass is 399 g/mol. The maximum absolute atomic E-state index is 13.6. The number of amides is 1. The minimum atomic E-state index is -0.514. The Morgan fingerprint density at radius 3 is 2.76 bits per heavy atom. The van der Waals surface area contributed by atoms with Crippen LogP contribution in [0.15, 0.2) is 47.0 Å². The van der Waals surface area contributed by atoms with Gasteiger partial charge in [-0.3, -0.25) is 4.79 Å². The van der Waals surface area contributed by atoms with E-state index < -0.39 is 5.82 Å². The zero-order valence-electron chi connectivity index (χ0n) is 15.8. The van der Waals surface area contributed by atoms with Crippen molar-refractivity contribution in [3.8, 4) is 17.1 Å². The van der Waals surface area contributed by atoms with Gasteiger partial charge in [0, 0.05) is 24.2 Å². The molecule has 4 rings (SSSR count). The molecule has 3 aromatic rings. The van der Waals surface area contributed by atoms with Crippen molar-refractivity contribution in [2.24, 2.45) is 0 Å². The highest BCUT2D eigenvalue weighted by molar-refractivity contribution is 5.94. The van der Waals surface area contributed by atoms with Crippen molar-refractivity contribution >= 4 is 5.91 Å². The molecule has 0 radical (unpaired) electrons. The highest BCUT2D eigenvalue weighted by atomic mass is 19.1. The summed E-state index contributed by atoms with van der Waals surface area (Å²) in [7, 11) is 1.36. The average Bonchev–Trinajstić information content (AvgIpc) is 3.24. The molecule has 1 fully saturated rings. The smallest absolute Gasteiger partial charge is 0.254 e. The van der Waals surface area contributed by atoms with Crippen LogP contribution in [0.3, 0.4) is 0 Å². The number of benzene rings is 2. The van der Waals surface area contributed by atoms with Gasteiger partial charge in [-0.1, -0.05) is 5.16 Å². The number of halogens is 2. The Morgan fingerprint density at radius 2 is 2.00 bits per heavy atom. The van der Waals surface area contributed by atoms with E-state index in [-0.39, 0.29) is 23.4 Å². The largest absolute Gasteiger partial charge is 0.494 e. The van der Waals surface area contributed by atoms with Crippen LogP contribution in [0.5, 0.6) is 5.75 Å². The van der Waals surface area contributed by atoms with E-state index in [1.807, 2.05) is 0 Å². The lowest BCUT2D eigenvalue weighted by Gasteiger charge is -2.31. The van der Waals surface area contributed by atoms with Crippen LogP contribution in [-0.4, -0.2) is 41.1 Å². The molecule has 1 atom stereocenters. The SMILES string of the molecule is COc1cc(C(=O)N2CCC[C@H](c3nc(-c4ccc(F)cc4)no3)C2)ccc1F. The van der Waals surface area contributed by atoms with Crippen LogP contribution in [0.4, 0.5) is 8.78 Å². The second-order valence-corrected chi connectivity index (χ2v) is 6.90.